The van der Waals surface area contributed by atoms with Gasteiger partial charge in [0.1, 0.15) is 6.54 Å². The van der Waals surface area contributed by atoms with Gasteiger partial charge in [0.15, 0.2) is 0 Å². The van der Waals surface area contributed by atoms with E-state index in [0.717, 1.165) is 10.6 Å². The molecule has 0 aliphatic carbocycles. The Balaban J connectivity index is 2.07. The average molecular weight is 242 g/mol. The standard InChI is InChI=1S/C12H10N4O2/c13-5-9-1-3-10(4-2-9)6-15-16-8-11(17)14-7-12(16)18/h1-4,6H,7-8H2,(H,14,17). The Morgan fingerprint density at radius 2 is 2.06 bits per heavy atom. The number of hydrazone groups is 1. The molecule has 0 aromatic heterocycles. The van der Waals surface area contributed by atoms with Gasteiger partial charge in [-0.15, -0.1) is 0 Å². The maximum Gasteiger partial charge on any atom is 0.262 e. The Kier molecular flexibility index (Phi) is 3.34. The summed E-state index contributed by atoms with van der Waals surface area (Å²) in [7, 11) is 0. The van der Waals surface area contributed by atoms with Crippen molar-refractivity contribution in [2.24, 2.45) is 5.10 Å². The highest BCUT2D eigenvalue weighted by atomic mass is 16.2. The van der Waals surface area contributed by atoms with Crippen LogP contribution in [-0.2, 0) is 9.59 Å². The topological polar surface area (TPSA) is 85.6 Å². The van der Waals surface area contributed by atoms with Crippen LogP contribution in [0.25, 0.3) is 0 Å². The third-order valence-corrected chi connectivity index (χ3v) is 2.40. The summed E-state index contributed by atoms with van der Waals surface area (Å²) >= 11 is 0. The van der Waals surface area contributed by atoms with Gasteiger partial charge in [-0.2, -0.15) is 10.4 Å². The Morgan fingerprint density at radius 3 is 2.72 bits per heavy atom. The van der Waals surface area contributed by atoms with Gasteiger partial charge in [0.05, 0.1) is 24.4 Å². The quantitative estimate of drug-likeness (QED) is 0.732. The molecule has 1 aliphatic heterocycles. The molecule has 6 nitrogen and oxygen atoms in total. The van der Waals surface area contributed by atoms with Crippen LogP contribution >= 0.6 is 0 Å². The third kappa shape index (κ3) is 2.71. The SMILES string of the molecule is N#Cc1ccc(C=NN2CC(=O)NCC2=O)cc1. The van der Waals surface area contributed by atoms with Crippen molar-refractivity contribution < 1.29 is 9.59 Å². The molecule has 0 saturated carbocycles. The summed E-state index contributed by atoms with van der Waals surface area (Å²) in [6.07, 6.45) is 1.48. The lowest BCUT2D eigenvalue weighted by Crippen LogP contribution is -2.49. The first-order chi connectivity index (χ1) is 8.69. The lowest BCUT2D eigenvalue weighted by molar-refractivity contribution is -0.140. The van der Waals surface area contributed by atoms with Gasteiger partial charge in [-0.1, -0.05) is 12.1 Å². The van der Waals surface area contributed by atoms with Gasteiger partial charge >= 0.3 is 0 Å². The number of nitriles is 1. The highest BCUT2D eigenvalue weighted by Crippen LogP contribution is 2.02. The highest BCUT2D eigenvalue weighted by molar-refractivity contribution is 5.93. The summed E-state index contributed by atoms with van der Waals surface area (Å²) in [5.41, 5.74) is 1.31. The van der Waals surface area contributed by atoms with Crippen LogP contribution in [0, 0.1) is 11.3 Å². The number of hydrogen-bond donors (Lipinski definition) is 1. The van der Waals surface area contributed by atoms with Crippen molar-refractivity contribution in [3.8, 4) is 6.07 Å². The number of benzene rings is 1. The zero-order chi connectivity index (χ0) is 13.0. The number of carbonyl (C=O) groups excluding carboxylic acids is 2. The maximum atomic E-state index is 11.4. The number of nitrogens with zero attached hydrogens (tertiary/aromatic N) is 3. The lowest BCUT2D eigenvalue weighted by Gasteiger charge is -2.21. The van der Waals surface area contributed by atoms with Crippen molar-refractivity contribution in [3.63, 3.8) is 0 Å². The molecular formula is C12H10N4O2. The minimum Gasteiger partial charge on any atom is -0.345 e. The van der Waals surface area contributed by atoms with Gasteiger partial charge in [0.25, 0.3) is 5.91 Å². The molecule has 1 N–H and O–H groups in total. The van der Waals surface area contributed by atoms with Gasteiger partial charge in [0.2, 0.25) is 5.91 Å². The van der Waals surface area contributed by atoms with Crippen molar-refractivity contribution in [1.29, 1.82) is 5.26 Å². The normalized spacial score (nSPS) is 15.6. The number of carbonyl (C=O) groups is 2. The number of piperazine rings is 1. The first kappa shape index (κ1) is 11.8. The largest absolute Gasteiger partial charge is 0.345 e. The highest BCUT2D eigenvalue weighted by Gasteiger charge is 2.21. The fourth-order valence-electron chi connectivity index (χ4n) is 1.43. The monoisotopic (exact) mass is 242 g/mol. The zero-order valence-electron chi connectivity index (χ0n) is 9.46. The number of nitrogens with one attached hydrogen (secondary N) is 1. The summed E-state index contributed by atoms with van der Waals surface area (Å²) in [5, 5.41) is 16.2. The first-order valence-corrected chi connectivity index (χ1v) is 5.30. The summed E-state index contributed by atoms with van der Waals surface area (Å²) in [4.78, 5) is 22.5. The summed E-state index contributed by atoms with van der Waals surface area (Å²) in [5.74, 6) is -0.480. The van der Waals surface area contributed by atoms with Crippen molar-refractivity contribution in [1.82, 2.24) is 10.3 Å². The van der Waals surface area contributed by atoms with Crippen molar-refractivity contribution in [3.05, 3.63) is 35.4 Å². The third-order valence-electron chi connectivity index (χ3n) is 2.40. The van der Waals surface area contributed by atoms with E-state index in [9.17, 15) is 9.59 Å². The van der Waals surface area contributed by atoms with Gasteiger partial charge < -0.3 is 5.32 Å². The zero-order valence-corrected chi connectivity index (χ0v) is 9.46. The van der Waals surface area contributed by atoms with E-state index >= 15 is 0 Å². The molecule has 90 valence electrons. The van der Waals surface area contributed by atoms with E-state index < -0.39 is 0 Å². The Morgan fingerprint density at radius 1 is 1.33 bits per heavy atom. The molecule has 1 saturated heterocycles. The van der Waals surface area contributed by atoms with Gasteiger partial charge in [-0.25, -0.2) is 5.01 Å². The fraction of sp³-hybridized carbons (Fsp3) is 0.167. The average Bonchev–Trinajstić information content (AvgIpc) is 2.40. The predicted octanol–water partition coefficient (Wildman–Crippen LogP) is -0.149. The second kappa shape index (κ2) is 5.10. The van der Waals surface area contributed by atoms with E-state index in [4.69, 9.17) is 5.26 Å². The smallest absolute Gasteiger partial charge is 0.262 e. The second-order valence-corrected chi connectivity index (χ2v) is 3.71. The fourth-order valence-corrected chi connectivity index (χ4v) is 1.43. The van der Waals surface area contributed by atoms with E-state index in [1.54, 1.807) is 24.3 Å². The molecule has 1 aromatic carbocycles. The van der Waals surface area contributed by atoms with E-state index in [1.807, 2.05) is 6.07 Å². The number of rotatable bonds is 2. The van der Waals surface area contributed by atoms with Crippen LogP contribution in [0.4, 0.5) is 0 Å². The lowest BCUT2D eigenvalue weighted by atomic mass is 10.2. The summed E-state index contributed by atoms with van der Waals surface area (Å²) in [6, 6.07) is 8.77. The van der Waals surface area contributed by atoms with E-state index in [2.05, 4.69) is 10.4 Å². The molecule has 2 rings (SSSR count). The minimum atomic E-state index is -0.250. The van der Waals surface area contributed by atoms with Gasteiger partial charge in [0, 0.05) is 0 Å². The molecule has 1 fully saturated rings. The van der Waals surface area contributed by atoms with Gasteiger partial charge in [-0.3, -0.25) is 9.59 Å². The minimum absolute atomic E-state index is 0.0243. The summed E-state index contributed by atoms with van der Waals surface area (Å²) < 4.78 is 0. The molecule has 0 radical (unpaired) electrons. The van der Waals surface area contributed by atoms with Crippen molar-refractivity contribution in [2.45, 2.75) is 0 Å². The molecule has 18 heavy (non-hydrogen) atoms. The van der Waals surface area contributed by atoms with Crippen molar-refractivity contribution in [2.75, 3.05) is 13.1 Å². The second-order valence-electron chi connectivity index (χ2n) is 3.71. The van der Waals surface area contributed by atoms with Gasteiger partial charge in [-0.05, 0) is 17.7 Å². The molecule has 0 unspecified atom stereocenters. The number of amides is 2. The first-order valence-electron chi connectivity index (χ1n) is 5.30. The van der Waals surface area contributed by atoms with Crippen LogP contribution in [0.15, 0.2) is 29.4 Å². The van der Waals surface area contributed by atoms with E-state index in [-0.39, 0.29) is 24.9 Å². The van der Waals surface area contributed by atoms with Crippen LogP contribution in [-0.4, -0.2) is 36.1 Å². The Hall–Kier alpha value is -2.68. The van der Waals surface area contributed by atoms with Crippen LogP contribution in [0.2, 0.25) is 0 Å². The molecule has 6 heteroatoms. The predicted molar refractivity (Wildman–Crippen MR) is 63.5 cm³/mol. The Bertz CT molecular complexity index is 542. The molecule has 0 spiro atoms. The van der Waals surface area contributed by atoms with E-state index in [0.29, 0.717) is 5.56 Å². The molecule has 0 bridgehead atoms. The molecule has 1 aromatic rings. The van der Waals surface area contributed by atoms with Crippen LogP contribution in [0.3, 0.4) is 0 Å². The Labute approximate surface area is 104 Å². The maximum absolute atomic E-state index is 11.4. The van der Waals surface area contributed by atoms with Crippen molar-refractivity contribution >= 4 is 18.0 Å². The van der Waals surface area contributed by atoms with Crippen LogP contribution in [0.5, 0.6) is 0 Å². The van der Waals surface area contributed by atoms with Crippen LogP contribution < -0.4 is 5.32 Å². The summed E-state index contributed by atoms with van der Waals surface area (Å²) in [6.45, 7) is -0.0881. The molecule has 1 aliphatic rings. The number of hydrogen-bond acceptors (Lipinski definition) is 4. The van der Waals surface area contributed by atoms with E-state index in [1.165, 1.54) is 6.21 Å². The molecule has 0 atom stereocenters. The molecular weight excluding hydrogens is 232 g/mol. The molecule has 2 amide bonds. The molecule has 1 heterocycles. The van der Waals surface area contributed by atoms with Crippen LogP contribution in [0.1, 0.15) is 11.1 Å².